The zero-order valence-electron chi connectivity index (χ0n) is 8.62. The van der Waals surface area contributed by atoms with Crippen LogP contribution in [-0.2, 0) is 0 Å². The van der Waals surface area contributed by atoms with Gasteiger partial charge < -0.3 is 10.5 Å². The third-order valence-electron chi connectivity index (χ3n) is 2.46. The van der Waals surface area contributed by atoms with E-state index in [2.05, 4.69) is 4.98 Å². The lowest BCUT2D eigenvalue weighted by molar-refractivity contribution is 0.0855. The van der Waals surface area contributed by atoms with Crippen LogP contribution in [0.25, 0.3) is 0 Å². The highest BCUT2D eigenvalue weighted by molar-refractivity contribution is 6.33. The number of carbonyl (C=O) groups is 1. The van der Waals surface area contributed by atoms with Crippen molar-refractivity contribution in [1.82, 2.24) is 4.98 Å². The number of ether oxygens (including phenoxy) is 1. The van der Waals surface area contributed by atoms with E-state index in [1.54, 1.807) is 0 Å². The van der Waals surface area contributed by atoms with Gasteiger partial charge >= 0.3 is 0 Å². The van der Waals surface area contributed by atoms with Crippen LogP contribution in [-0.4, -0.2) is 23.4 Å². The monoisotopic (exact) mass is 262 g/mol. The molecular formula is C10H9ClF2N2O2. The Morgan fingerprint density at radius 1 is 1.71 bits per heavy atom. The van der Waals surface area contributed by atoms with E-state index >= 15 is 0 Å². The maximum Gasteiger partial charge on any atom is 0.268 e. The van der Waals surface area contributed by atoms with E-state index in [9.17, 15) is 13.6 Å². The molecule has 1 fully saturated rings. The summed E-state index contributed by atoms with van der Waals surface area (Å²) in [6.45, 7) is -0.0963. The third kappa shape index (κ3) is 2.63. The van der Waals surface area contributed by atoms with Crippen LogP contribution in [0.1, 0.15) is 16.9 Å². The highest BCUT2D eigenvalue weighted by atomic mass is 35.5. The van der Waals surface area contributed by atoms with Gasteiger partial charge in [0.1, 0.15) is 11.4 Å². The Labute approximate surface area is 101 Å². The first-order chi connectivity index (χ1) is 7.90. The minimum absolute atomic E-state index is 0.0394. The zero-order valence-corrected chi connectivity index (χ0v) is 9.38. The molecule has 0 radical (unpaired) electrons. The normalized spacial score (nSPS) is 21.0. The largest absolute Gasteiger partial charge is 0.491 e. The van der Waals surface area contributed by atoms with Crippen molar-refractivity contribution in [3.8, 4) is 5.75 Å². The van der Waals surface area contributed by atoms with Crippen molar-refractivity contribution >= 4 is 17.5 Å². The van der Waals surface area contributed by atoms with Crippen molar-refractivity contribution < 1.29 is 18.3 Å². The lowest BCUT2D eigenvalue weighted by Gasteiger charge is -2.06. The van der Waals surface area contributed by atoms with Gasteiger partial charge in [0.05, 0.1) is 23.7 Å². The number of pyridine rings is 1. The highest BCUT2D eigenvalue weighted by Crippen LogP contribution is 2.48. The number of nitrogens with zero attached hydrogens (tertiary/aromatic N) is 1. The summed E-state index contributed by atoms with van der Waals surface area (Å²) in [5.41, 5.74) is 4.93. The lowest BCUT2D eigenvalue weighted by Crippen LogP contribution is -2.14. The van der Waals surface area contributed by atoms with E-state index < -0.39 is 17.7 Å². The molecule has 1 aliphatic carbocycles. The van der Waals surface area contributed by atoms with Crippen molar-refractivity contribution in [3.05, 3.63) is 23.0 Å². The Bertz CT molecular complexity index is 468. The topological polar surface area (TPSA) is 65.2 Å². The molecule has 0 aromatic carbocycles. The molecule has 1 aromatic heterocycles. The fourth-order valence-electron chi connectivity index (χ4n) is 1.33. The number of aromatic nitrogens is 1. The van der Waals surface area contributed by atoms with Crippen molar-refractivity contribution in [1.29, 1.82) is 0 Å². The van der Waals surface area contributed by atoms with Gasteiger partial charge in [-0.3, -0.25) is 4.79 Å². The maximum atomic E-state index is 12.6. The van der Waals surface area contributed by atoms with Crippen LogP contribution in [0.3, 0.4) is 0 Å². The molecule has 92 valence electrons. The number of halogens is 3. The van der Waals surface area contributed by atoms with Crippen LogP contribution < -0.4 is 10.5 Å². The second-order valence-corrected chi connectivity index (χ2v) is 4.25. The van der Waals surface area contributed by atoms with Gasteiger partial charge in [0, 0.05) is 12.5 Å². The number of nitrogens with two attached hydrogens (primary N) is 1. The molecule has 0 saturated heterocycles. The summed E-state index contributed by atoms with van der Waals surface area (Å²) in [6, 6.07) is 1.33. The van der Waals surface area contributed by atoms with E-state index in [4.69, 9.17) is 22.1 Å². The Morgan fingerprint density at radius 2 is 2.35 bits per heavy atom. The number of rotatable bonds is 4. The van der Waals surface area contributed by atoms with Crippen LogP contribution in [0, 0.1) is 5.92 Å². The smallest absolute Gasteiger partial charge is 0.268 e. The van der Waals surface area contributed by atoms with E-state index in [0.717, 1.165) is 0 Å². The first-order valence-corrected chi connectivity index (χ1v) is 5.24. The lowest BCUT2D eigenvalue weighted by atomic mass is 10.3. The van der Waals surface area contributed by atoms with Crippen molar-refractivity contribution in [2.45, 2.75) is 12.3 Å². The van der Waals surface area contributed by atoms with E-state index in [1.807, 2.05) is 0 Å². The number of carbonyl (C=O) groups excluding carboxylic acids is 1. The van der Waals surface area contributed by atoms with E-state index in [0.29, 0.717) is 0 Å². The fraction of sp³-hybridized carbons (Fsp3) is 0.400. The van der Waals surface area contributed by atoms with Gasteiger partial charge in [-0.1, -0.05) is 11.6 Å². The molecule has 0 unspecified atom stereocenters. The molecule has 0 spiro atoms. The highest BCUT2D eigenvalue weighted by Gasteiger charge is 2.57. The molecule has 1 heterocycles. The van der Waals surface area contributed by atoms with Crippen LogP contribution in [0.2, 0.25) is 5.02 Å². The van der Waals surface area contributed by atoms with Crippen LogP contribution >= 0.6 is 11.6 Å². The van der Waals surface area contributed by atoms with E-state index in [-0.39, 0.29) is 29.5 Å². The minimum Gasteiger partial charge on any atom is -0.491 e. The van der Waals surface area contributed by atoms with Crippen molar-refractivity contribution in [3.63, 3.8) is 0 Å². The summed E-state index contributed by atoms with van der Waals surface area (Å²) in [7, 11) is 0. The maximum absolute atomic E-state index is 12.6. The van der Waals surface area contributed by atoms with Crippen LogP contribution in [0.5, 0.6) is 5.75 Å². The Kier molecular flexibility index (Phi) is 2.91. The molecule has 1 aliphatic rings. The quantitative estimate of drug-likeness (QED) is 0.901. The van der Waals surface area contributed by atoms with Crippen molar-refractivity contribution in [2.75, 3.05) is 6.61 Å². The molecule has 2 N–H and O–H groups in total. The Morgan fingerprint density at radius 3 is 2.82 bits per heavy atom. The molecule has 0 aliphatic heterocycles. The molecule has 1 aromatic rings. The fourth-order valence-corrected chi connectivity index (χ4v) is 1.58. The van der Waals surface area contributed by atoms with Gasteiger partial charge in [-0.15, -0.1) is 0 Å². The summed E-state index contributed by atoms with van der Waals surface area (Å²) in [5.74, 6) is -3.89. The van der Waals surface area contributed by atoms with Gasteiger partial charge in [-0.2, -0.15) is 0 Å². The Hall–Kier alpha value is -1.43. The van der Waals surface area contributed by atoms with Crippen LogP contribution in [0.15, 0.2) is 12.3 Å². The molecule has 1 atom stereocenters. The molecule has 4 nitrogen and oxygen atoms in total. The standard InChI is InChI=1S/C10H9ClF2N2O2/c11-7-1-6(3-15-8(7)9(14)16)17-4-5-2-10(5,12)13/h1,3,5H,2,4H2,(H2,14,16)/t5-/m1/s1. The third-order valence-corrected chi connectivity index (χ3v) is 2.74. The van der Waals surface area contributed by atoms with Gasteiger partial charge in [0.2, 0.25) is 0 Å². The second kappa shape index (κ2) is 4.10. The number of alkyl halides is 2. The minimum atomic E-state index is -2.62. The molecule has 17 heavy (non-hydrogen) atoms. The SMILES string of the molecule is NC(=O)c1ncc(OC[C@H]2CC2(F)F)cc1Cl. The van der Waals surface area contributed by atoms with Gasteiger partial charge in [0.25, 0.3) is 11.8 Å². The van der Waals surface area contributed by atoms with Gasteiger partial charge in [-0.05, 0) is 0 Å². The molecule has 7 heteroatoms. The Balaban J connectivity index is 1.98. The number of hydrogen-bond donors (Lipinski definition) is 1. The predicted octanol–water partition coefficient (Wildman–Crippen LogP) is 1.87. The summed E-state index contributed by atoms with van der Waals surface area (Å²) in [4.78, 5) is 14.5. The number of amides is 1. The first-order valence-electron chi connectivity index (χ1n) is 4.86. The molecule has 0 bridgehead atoms. The predicted molar refractivity (Wildman–Crippen MR) is 56.3 cm³/mol. The van der Waals surface area contributed by atoms with E-state index in [1.165, 1.54) is 12.3 Å². The summed E-state index contributed by atoms with van der Waals surface area (Å²) in [5, 5.41) is 0.0394. The number of primary amides is 1. The van der Waals surface area contributed by atoms with Gasteiger partial charge in [0.15, 0.2) is 0 Å². The molecule has 1 amide bonds. The average molecular weight is 263 g/mol. The summed E-state index contributed by atoms with van der Waals surface area (Å²) in [6.07, 6.45) is 1.07. The zero-order chi connectivity index (χ0) is 12.6. The van der Waals surface area contributed by atoms with Crippen molar-refractivity contribution in [2.24, 2.45) is 11.7 Å². The van der Waals surface area contributed by atoms with Crippen LogP contribution in [0.4, 0.5) is 8.78 Å². The second-order valence-electron chi connectivity index (χ2n) is 3.84. The molecular weight excluding hydrogens is 254 g/mol. The summed E-state index contributed by atoms with van der Waals surface area (Å²) < 4.78 is 30.2. The number of hydrogen-bond acceptors (Lipinski definition) is 3. The molecule has 1 saturated carbocycles. The average Bonchev–Trinajstić information content (AvgIpc) is 2.83. The molecule has 2 rings (SSSR count). The summed E-state index contributed by atoms with van der Waals surface area (Å²) >= 11 is 5.72. The van der Waals surface area contributed by atoms with Gasteiger partial charge in [-0.25, -0.2) is 13.8 Å². The first kappa shape index (κ1) is 12.0.